The fraction of sp³-hybridized carbons (Fsp3) is 0.800. The minimum absolute atomic E-state index is 0.494. The molecule has 27 heavy (non-hydrogen) atoms. The summed E-state index contributed by atoms with van der Waals surface area (Å²) >= 11 is 1.52. The van der Waals surface area contributed by atoms with E-state index in [9.17, 15) is 0 Å². The lowest BCUT2D eigenvalue weighted by Gasteiger charge is -2.10. The van der Waals surface area contributed by atoms with Crippen LogP contribution < -0.4 is 9.47 Å². The van der Waals surface area contributed by atoms with Gasteiger partial charge in [-0.1, -0.05) is 26.7 Å². The number of rotatable bonds is 20. The van der Waals surface area contributed by atoms with Gasteiger partial charge in [0.05, 0.1) is 39.6 Å². The van der Waals surface area contributed by atoms with Gasteiger partial charge in [0.25, 0.3) is 0 Å². The van der Waals surface area contributed by atoms with Gasteiger partial charge < -0.3 is 28.4 Å². The van der Waals surface area contributed by atoms with E-state index in [1.807, 2.05) is 11.4 Å². The average molecular weight is 405 g/mol. The molecular weight excluding hydrogens is 368 g/mol. The highest BCUT2D eigenvalue weighted by molar-refractivity contribution is 7.12. The van der Waals surface area contributed by atoms with Crippen LogP contribution in [0.2, 0.25) is 0 Å². The van der Waals surface area contributed by atoms with Crippen molar-refractivity contribution in [3.8, 4) is 10.8 Å². The first-order chi connectivity index (χ1) is 13.4. The van der Waals surface area contributed by atoms with Crippen molar-refractivity contribution in [2.24, 2.45) is 0 Å². The second-order valence-electron chi connectivity index (χ2n) is 5.93. The first-order valence-corrected chi connectivity index (χ1v) is 10.9. The monoisotopic (exact) mass is 404 g/mol. The molecule has 0 saturated carbocycles. The molecule has 0 N–H and O–H groups in total. The van der Waals surface area contributed by atoms with E-state index >= 15 is 0 Å². The summed E-state index contributed by atoms with van der Waals surface area (Å²) < 4.78 is 33.3. The third-order valence-electron chi connectivity index (χ3n) is 3.57. The summed E-state index contributed by atoms with van der Waals surface area (Å²) in [5.74, 6) is 0.755. The van der Waals surface area contributed by atoms with Crippen LogP contribution >= 0.6 is 11.3 Å². The lowest BCUT2D eigenvalue weighted by atomic mass is 10.4. The van der Waals surface area contributed by atoms with Crippen LogP contribution in [0.3, 0.4) is 0 Å². The van der Waals surface area contributed by atoms with E-state index in [1.165, 1.54) is 11.3 Å². The molecule has 0 fully saturated rings. The van der Waals surface area contributed by atoms with Crippen LogP contribution in [0.15, 0.2) is 11.4 Å². The SMILES string of the molecule is CCCCOCCOCCOc1ccsc1OCCOCCOCCCC. The Bertz CT molecular complexity index is 390. The van der Waals surface area contributed by atoms with Gasteiger partial charge in [-0.15, -0.1) is 11.3 Å². The summed E-state index contributed by atoms with van der Waals surface area (Å²) in [5.41, 5.74) is 0. The maximum absolute atomic E-state index is 5.72. The van der Waals surface area contributed by atoms with Gasteiger partial charge in [-0.25, -0.2) is 0 Å². The number of unbranched alkanes of at least 4 members (excludes halogenated alkanes) is 2. The van der Waals surface area contributed by atoms with Gasteiger partial charge >= 0.3 is 0 Å². The molecule has 0 saturated heterocycles. The van der Waals surface area contributed by atoms with Crippen molar-refractivity contribution in [3.63, 3.8) is 0 Å². The van der Waals surface area contributed by atoms with E-state index in [0.717, 1.165) is 49.7 Å². The fourth-order valence-electron chi connectivity index (χ4n) is 2.04. The Morgan fingerprint density at radius 2 is 1.11 bits per heavy atom. The van der Waals surface area contributed by atoms with Crippen molar-refractivity contribution in [2.75, 3.05) is 66.1 Å². The number of thiophene rings is 1. The molecule has 7 heteroatoms. The Hall–Kier alpha value is -0.860. The molecule has 0 aliphatic heterocycles. The first-order valence-electron chi connectivity index (χ1n) is 10.0. The molecule has 0 bridgehead atoms. The Balaban J connectivity index is 1.96. The minimum Gasteiger partial charge on any atom is -0.486 e. The molecule has 158 valence electrons. The maximum Gasteiger partial charge on any atom is 0.217 e. The van der Waals surface area contributed by atoms with Gasteiger partial charge in [-0.2, -0.15) is 0 Å². The predicted octanol–water partition coefficient (Wildman–Crippen LogP) is 4.17. The van der Waals surface area contributed by atoms with Gasteiger partial charge in [0.2, 0.25) is 5.06 Å². The molecule has 6 nitrogen and oxygen atoms in total. The molecule has 1 rings (SSSR count). The van der Waals surface area contributed by atoms with Crippen molar-refractivity contribution in [2.45, 2.75) is 39.5 Å². The quantitative estimate of drug-likeness (QED) is 0.304. The zero-order valence-electron chi connectivity index (χ0n) is 16.9. The standard InChI is InChI=1S/C20H36O6S/c1-3-5-8-21-10-12-23-14-16-25-19-7-18-27-20(19)26-17-15-24-13-11-22-9-6-4-2/h7,18H,3-6,8-17H2,1-2H3. The fourth-order valence-corrected chi connectivity index (χ4v) is 2.75. The van der Waals surface area contributed by atoms with Gasteiger partial charge in [-0.05, 0) is 24.3 Å². The zero-order chi connectivity index (χ0) is 19.4. The molecule has 0 aromatic carbocycles. The molecule has 0 radical (unpaired) electrons. The maximum atomic E-state index is 5.72. The summed E-state index contributed by atoms with van der Waals surface area (Å²) in [6.45, 7) is 10.4. The first kappa shape index (κ1) is 24.2. The molecular formula is C20H36O6S. The van der Waals surface area contributed by atoms with Crippen LogP contribution in [0.25, 0.3) is 0 Å². The third-order valence-corrected chi connectivity index (χ3v) is 4.38. The largest absolute Gasteiger partial charge is 0.486 e. The Morgan fingerprint density at radius 1 is 0.630 bits per heavy atom. The van der Waals surface area contributed by atoms with Crippen molar-refractivity contribution in [3.05, 3.63) is 11.4 Å². The third kappa shape index (κ3) is 13.9. The van der Waals surface area contributed by atoms with E-state index in [0.29, 0.717) is 52.9 Å². The molecule has 0 aliphatic carbocycles. The number of hydrogen-bond acceptors (Lipinski definition) is 7. The zero-order valence-corrected chi connectivity index (χ0v) is 17.7. The minimum atomic E-state index is 0.494. The Morgan fingerprint density at radius 3 is 1.67 bits per heavy atom. The molecule has 0 aliphatic rings. The van der Waals surface area contributed by atoms with E-state index in [4.69, 9.17) is 28.4 Å². The van der Waals surface area contributed by atoms with Crippen LogP contribution in [-0.4, -0.2) is 66.1 Å². The van der Waals surface area contributed by atoms with Gasteiger partial charge in [-0.3, -0.25) is 0 Å². The molecule has 1 heterocycles. The van der Waals surface area contributed by atoms with Crippen LogP contribution in [0, 0.1) is 0 Å². The van der Waals surface area contributed by atoms with Crippen molar-refractivity contribution in [1.29, 1.82) is 0 Å². The van der Waals surface area contributed by atoms with E-state index in [2.05, 4.69) is 13.8 Å². The van der Waals surface area contributed by atoms with Crippen LogP contribution in [-0.2, 0) is 18.9 Å². The second-order valence-corrected chi connectivity index (χ2v) is 6.80. The lowest BCUT2D eigenvalue weighted by molar-refractivity contribution is 0.0328. The average Bonchev–Trinajstić information content (AvgIpc) is 3.12. The smallest absolute Gasteiger partial charge is 0.217 e. The topological polar surface area (TPSA) is 55.4 Å². The van der Waals surface area contributed by atoms with Crippen LogP contribution in [0.4, 0.5) is 0 Å². The Labute approximate surface area is 168 Å². The van der Waals surface area contributed by atoms with E-state index in [1.54, 1.807) is 0 Å². The molecule has 1 aromatic rings. The highest BCUT2D eigenvalue weighted by Crippen LogP contribution is 2.33. The molecule has 0 amide bonds. The predicted molar refractivity (Wildman–Crippen MR) is 108 cm³/mol. The van der Waals surface area contributed by atoms with Crippen molar-refractivity contribution >= 4 is 11.3 Å². The van der Waals surface area contributed by atoms with Crippen LogP contribution in [0.5, 0.6) is 10.8 Å². The van der Waals surface area contributed by atoms with Gasteiger partial charge in [0.1, 0.15) is 13.2 Å². The lowest BCUT2D eigenvalue weighted by Crippen LogP contribution is -2.12. The summed E-state index contributed by atoms with van der Waals surface area (Å²) in [5, 5.41) is 2.73. The molecule has 1 aromatic heterocycles. The summed E-state index contributed by atoms with van der Waals surface area (Å²) in [4.78, 5) is 0. The normalized spacial score (nSPS) is 11.0. The summed E-state index contributed by atoms with van der Waals surface area (Å²) in [7, 11) is 0. The summed E-state index contributed by atoms with van der Waals surface area (Å²) in [6.07, 6.45) is 4.50. The second kappa shape index (κ2) is 18.5. The van der Waals surface area contributed by atoms with Crippen LogP contribution in [0.1, 0.15) is 39.5 Å². The number of hydrogen-bond donors (Lipinski definition) is 0. The summed E-state index contributed by atoms with van der Waals surface area (Å²) in [6, 6.07) is 1.91. The van der Waals surface area contributed by atoms with Gasteiger partial charge in [0.15, 0.2) is 5.75 Å². The molecule has 0 spiro atoms. The molecule has 0 unspecified atom stereocenters. The van der Waals surface area contributed by atoms with Gasteiger partial charge in [0, 0.05) is 13.2 Å². The Kier molecular flexibility index (Phi) is 16.6. The van der Waals surface area contributed by atoms with E-state index in [-0.39, 0.29) is 0 Å². The van der Waals surface area contributed by atoms with E-state index < -0.39 is 0 Å². The number of ether oxygens (including phenoxy) is 6. The van der Waals surface area contributed by atoms with Crippen molar-refractivity contribution in [1.82, 2.24) is 0 Å². The molecule has 0 atom stereocenters. The highest BCUT2D eigenvalue weighted by atomic mass is 32.1. The van der Waals surface area contributed by atoms with Crippen molar-refractivity contribution < 1.29 is 28.4 Å². The highest BCUT2D eigenvalue weighted by Gasteiger charge is 2.07.